The molecule has 2 saturated heterocycles. The van der Waals surface area contributed by atoms with E-state index in [1.54, 1.807) is 0 Å². The van der Waals surface area contributed by atoms with Crippen LogP contribution >= 0.6 is 0 Å². The van der Waals surface area contributed by atoms with Crippen LogP contribution < -0.4 is 10.4 Å². The number of methoxy groups -OCH3 is 1. The molecule has 2 fully saturated rings. The number of carbonyl (C=O) groups excluding carboxylic acids is 2. The van der Waals surface area contributed by atoms with Gasteiger partial charge in [-0.25, -0.2) is 0 Å². The van der Waals surface area contributed by atoms with Crippen LogP contribution in [-0.4, -0.2) is 101 Å². The molecule has 12 nitrogen and oxygen atoms in total. The van der Waals surface area contributed by atoms with Gasteiger partial charge in [0.2, 0.25) is 5.91 Å². The highest BCUT2D eigenvalue weighted by atomic mass is 16.7. The molecule has 0 aliphatic carbocycles. The highest BCUT2D eigenvalue weighted by Crippen LogP contribution is 2.31. The van der Waals surface area contributed by atoms with Gasteiger partial charge >= 0.3 is 0 Å². The first-order valence-electron chi connectivity index (χ1n) is 8.74. The number of carbonyl (C=O) groups is 2. The van der Waals surface area contributed by atoms with Gasteiger partial charge < -0.3 is 54.6 Å². The second kappa shape index (κ2) is 9.41. The minimum Gasteiger partial charge on any atom is -0.547 e. The maximum absolute atomic E-state index is 11.6. The lowest BCUT2D eigenvalue weighted by Gasteiger charge is -2.47. The lowest BCUT2D eigenvalue weighted by Crippen LogP contribution is -2.67. The van der Waals surface area contributed by atoms with Crippen molar-refractivity contribution in [2.75, 3.05) is 13.7 Å². The van der Waals surface area contributed by atoms with Gasteiger partial charge in [0.05, 0.1) is 18.7 Å². The summed E-state index contributed by atoms with van der Waals surface area (Å²) in [5.74, 6) is -3.10. The first-order chi connectivity index (χ1) is 13.1. The van der Waals surface area contributed by atoms with Gasteiger partial charge in [-0.15, -0.1) is 0 Å². The Kier molecular flexibility index (Phi) is 7.70. The van der Waals surface area contributed by atoms with E-state index in [4.69, 9.17) is 18.9 Å². The van der Waals surface area contributed by atoms with Crippen molar-refractivity contribution >= 4 is 11.9 Å². The van der Waals surface area contributed by atoms with E-state index in [1.807, 2.05) is 0 Å². The molecule has 0 aromatic heterocycles. The summed E-state index contributed by atoms with van der Waals surface area (Å²) in [6, 6.07) is -1.09. The summed E-state index contributed by atoms with van der Waals surface area (Å²) in [4.78, 5) is 22.8. The third-order valence-electron chi connectivity index (χ3n) is 4.91. The quantitative estimate of drug-likeness (QED) is 0.285. The molecule has 12 heteroatoms. The topological polar surface area (TPSA) is 187 Å². The molecule has 10 atom stereocenters. The predicted octanol–water partition coefficient (Wildman–Crippen LogP) is -4.57. The van der Waals surface area contributed by atoms with Crippen molar-refractivity contribution in [2.45, 2.75) is 69.1 Å². The predicted molar refractivity (Wildman–Crippen MR) is 86.1 cm³/mol. The SMILES string of the molecule is COC1OC(CO)[C@@H](O)C(O[C@@H]2OC(C(=O)[O-])[C@H](C)[C@@H](O)C2O)C1NC(C)=O. The standard InChI is InChI=1S/C16H27NO11/c1-5-9(20)11(22)16(27-12(5)14(23)24)28-13-8(17-6(2)19)15(25-3)26-7(4-18)10(13)21/h5,7-13,15-16,18,20-22H,4H2,1-3H3,(H,17,19)(H,23,24)/p-1/t5-,7?,8?,9-,10-,11?,12?,13?,15?,16+/m1/s1. The number of rotatable bonds is 6. The number of amides is 1. The Bertz CT molecular complexity index is 561. The van der Waals surface area contributed by atoms with E-state index in [2.05, 4.69) is 5.32 Å². The normalized spacial score (nSPS) is 44.1. The largest absolute Gasteiger partial charge is 0.547 e. The maximum Gasteiger partial charge on any atom is 0.217 e. The average molecular weight is 408 g/mol. The highest BCUT2D eigenvalue weighted by molar-refractivity contribution is 5.73. The Morgan fingerprint density at radius 3 is 2.25 bits per heavy atom. The van der Waals surface area contributed by atoms with Crippen LogP contribution in [0.15, 0.2) is 0 Å². The number of carboxylic acid groups (broad SMARTS) is 1. The van der Waals surface area contributed by atoms with Gasteiger partial charge in [-0.05, 0) is 0 Å². The molecular formula is C16H26NO11-. The smallest absolute Gasteiger partial charge is 0.217 e. The minimum absolute atomic E-state index is 0.509. The molecule has 2 rings (SSSR count). The second-order valence-electron chi connectivity index (χ2n) is 6.86. The van der Waals surface area contributed by atoms with E-state index in [9.17, 15) is 35.1 Å². The molecule has 0 saturated carbocycles. The fourth-order valence-corrected chi connectivity index (χ4v) is 3.36. The molecule has 5 N–H and O–H groups in total. The molecule has 28 heavy (non-hydrogen) atoms. The minimum atomic E-state index is -1.67. The summed E-state index contributed by atoms with van der Waals surface area (Å²) in [6.45, 7) is 1.96. The molecule has 0 spiro atoms. The van der Waals surface area contributed by atoms with Crippen molar-refractivity contribution in [1.29, 1.82) is 0 Å². The molecule has 162 valence electrons. The van der Waals surface area contributed by atoms with Gasteiger partial charge in [-0.3, -0.25) is 4.79 Å². The molecule has 1 amide bonds. The van der Waals surface area contributed by atoms with E-state index >= 15 is 0 Å². The molecule has 0 aromatic carbocycles. The number of aliphatic hydroxyl groups is 4. The Hall–Kier alpha value is -1.38. The summed E-state index contributed by atoms with van der Waals surface area (Å²) < 4.78 is 21.3. The van der Waals surface area contributed by atoms with Crippen LogP contribution in [0.1, 0.15) is 13.8 Å². The Labute approximate surface area is 160 Å². The van der Waals surface area contributed by atoms with E-state index in [1.165, 1.54) is 21.0 Å². The molecule has 2 aliphatic heterocycles. The van der Waals surface area contributed by atoms with Gasteiger partial charge in [0, 0.05) is 20.0 Å². The van der Waals surface area contributed by atoms with Gasteiger partial charge in [0.1, 0.15) is 36.6 Å². The van der Waals surface area contributed by atoms with Crippen molar-refractivity contribution in [3.63, 3.8) is 0 Å². The number of aliphatic carboxylic acids is 1. The van der Waals surface area contributed by atoms with Crippen LogP contribution in [0.2, 0.25) is 0 Å². The third kappa shape index (κ3) is 4.60. The number of ether oxygens (including phenoxy) is 4. The molecule has 0 aromatic rings. The van der Waals surface area contributed by atoms with Crippen LogP contribution in [0.5, 0.6) is 0 Å². The number of hydrogen-bond donors (Lipinski definition) is 5. The van der Waals surface area contributed by atoms with Crippen LogP contribution in [0.3, 0.4) is 0 Å². The molecule has 0 bridgehead atoms. The van der Waals surface area contributed by atoms with Crippen molar-refractivity contribution in [3.05, 3.63) is 0 Å². The van der Waals surface area contributed by atoms with Crippen LogP contribution in [0.25, 0.3) is 0 Å². The van der Waals surface area contributed by atoms with Crippen molar-refractivity contribution in [2.24, 2.45) is 5.92 Å². The number of aliphatic hydroxyl groups excluding tert-OH is 4. The molecular weight excluding hydrogens is 382 g/mol. The van der Waals surface area contributed by atoms with Gasteiger partial charge in [0.25, 0.3) is 0 Å². The third-order valence-corrected chi connectivity index (χ3v) is 4.91. The first-order valence-corrected chi connectivity index (χ1v) is 8.74. The Morgan fingerprint density at radius 2 is 1.75 bits per heavy atom. The molecule has 2 heterocycles. The van der Waals surface area contributed by atoms with E-state index in [0.717, 1.165) is 0 Å². The van der Waals surface area contributed by atoms with Crippen LogP contribution in [0, 0.1) is 5.92 Å². The zero-order valence-electron chi connectivity index (χ0n) is 15.6. The second-order valence-corrected chi connectivity index (χ2v) is 6.86. The summed E-state index contributed by atoms with van der Waals surface area (Å²) >= 11 is 0. The van der Waals surface area contributed by atoms with E-state index in [0.29, 0.717) is 0 Å². The van der Waals surface area contributed by atoms with Crippen LogP contribution in [0.4, 0.5) is 0 Å². The number of hydrogen-bond acceptors (Lipinski definition) is 11. The number of carboxylic acids is 1. The molecule has 0 radical (unpaired) electrons. The average Bonchev–Trinajstić information content (AvgIpc) is 2.64. The summed E-state index contributed by atoms with van der Waals surface area (Å²) in [6.07, 6.45) is -11.5. The lowest BCUT2D eigenvalue weighted by atomic mass is 9.90. The zero-order chi connectivity index (χ0) is 21.2. The van der Waals surface area contributed by atoms with Crippen molar-refractivity contribution in [1.82, 2.24) is 5.32 Å². The van der Waals surface area contributed by atoms with Crippen molar-refractivity contribution in [3.8, 4) is 0 Å². The summed E-state index contributed by atoms with van der Waals surface area (Å²) in [5.41, 5.74) is 0. The molecule has 6 unspecified atom stereocenters. The first kappa shape index (κ1) is 22.9. The zero-order valence-corrected chi connectivity index (χ0v) is 15.6. The number of nitrogens with one attached hydrogen (secondary N) is 1. The fraction of sp³-hybridized carbons (Fsp3) is 0.875. The van der Waals surface area contributed by atoms with Gasteiger partial charge in [-0.1, -0.05) is 6.92 Å². The van der Waals surface area contributed by atoms with Gasteiger partial charge in [0.15, 0.2) is 12.6 Å². The van der Waals surface area contributed by atoms with Gasteiger partial charge in [-0.2, -0.15) is 0 Å². The Balaban J connectivity index is 2.29. The molecule has 2 aliphatic rings. The summed E-state index contributed by atoms with van der Waals surface area (Å²) in [5, 5.41) is 54.0. The van der Waals surface area contributed by atoms with E-state index in [-0.39, 0.29) is 0 Å². The van der Waals surface area contributed by atoms with E-state index < -0.39 is 79.6 Å². The summed E-state index contributed by atoms with van der Waals surface area (Å²) in [7, 11) is 1.27. The highest BCUT2D eigenvalue weighted by Gasteiger charge is 2.51. The fourth-order valence-electron chi connectivity index (χ4n) is 3.36. The van der Waals surface area contributed by atoms with Crippen LogP contribution in [-0.2, 0) is 28.5 Å². The lowest BCUT2D eigenvalue weighted by molar-refractivity contribution is -0.359. The monoisotopic (exact) mass is 408 g/mol. The Morgan fingerprint density at radius 1 is 1.11 bits per heavy atom. The van der Waals surface area contributed by atoms with Crippen molar-refractivity contribution < 1.29 is 54.1 Å². The maximum atomic E-state index is 11.6.